The second-order valence-electron chi connectivity index (χ2n) is 4.23. The largest absolute Gasteiger partial charge is 0.409 e. The SMILES string of the molecule is CCc1cccc(C(CC)(CC)O[Si])c1[N+](=O)[O-]. The number of aryl methyl sites for hydroxylation is 1. The smallest absolute Gasteiger partial charge is 0.278 e. The van der Waals surface area contributed by atoms with E-state index in [9.17, 15) is 10.1 Å². The molecule has 1 rings (SSSR count). The van der Waals surface area contributed by atoms with E-state index in [-0.39, 0.29) is 10.6 Å². The molecule has 0 aliphatic carbocycles. The van der Waals surface area contributed by atoms with Crippen LogP contribution in [0.3, 0.4) is 0 Å². The van der Waals surface area contributed by atoms with Gasteiger partial charge < -0.3 is 4.43 Å². The minimum Gasteiger partial charge on any atom is -0.409 e. The van der Waals surface area contributed by atoms with Gasteiger partial charge in [0, 0.05) is 5.56 Å². The van der Waals surface area contributed by atoms with Crippen LogP contribution in [0.5, 0.6) is 0 Å². The summed E-state index contributed by atoms with van der Waals surface area (Å²) in [4.78, 5) is 11.0. The van der Waals surface area contributed by atoms with E-state index >= 15 is 0 Å². The van der Waals surface area contributed by atoms with Crippen molar-refractivity contribution in [3.8, 4) is 0 Å². The van der Waals surface area contributed by atoms with Crippen LogP contribution in [-0.4, -0.2) is 15.4 Å². The second kappa shape index (κ2) is 6.11. The van der Waals surface area contributed by atoms with E-state index in [0.717, 1.165) is 5.56 Å². The van der Waals surface area contributed by atoms with Crippen molar-refractivity contribution >= 4 is 16.2 Å². The fraction of sp³-hybridized carbons (Fsp3) is 0.538. The zero-order chi connectivity index (χ0) is 13.8. The van der Waals surface area contributed by atoms with Gasteiger partial charge in [0.05, 0.1) is 16.1 Å². The van der Waals surface area contributed by atoms with Crippen molar-refractivity contribution in [1.29, 1.82) is 0 Å². The summed E-state index contributed by atoms with van der Waals surface area (Å²) >= 11 is 0. The third-order valence-electron chi connectivity index (χ3n) is 3.51. The van der Waals surface area contributed by atoms with Crippen molar-refractivity contribution in [2.45, 2.75) is 45.6 Å². The minimum absolute atomic E-state index is 0.182. The Bertz CT molecular complexity index is 422. The summed E-state index contributed by atoms with van der Waals surface area (Å²) in [6.45, 7) is 5.85. The van der Waals surface area contributed by atoms with Gasteiger partial charge >= 0.3 is 0 Å². The summed E-state index contributed by atoms with van der Waals surface area (Å²) in [7, 11) is 3.09. The molecule has 18 heavy (non-hydrogen) atoms. The molecule has 1 aromatic carbocycles. The van der Waals surface area contributed by atoms with E-state index in [1.54, 1.807) is 12.1 Å². The predicted octanol–water partition coefficient (Wildman–Crippen LogP) is 3.27. The highest BCUT2D eigenvalue weighted by molar-refractivity contribution is 5.98. The number of hydrogen-bond donors (Lipinski definition) is 0. The van der Waals surface area contributed by atoms with E-state index in [0.29, 0.717) is 24.8 Å². The highest BCUT2D eigenvalue weighted by Gasteiger charge is 2.35. The number of hydrogen-bond acceptors (Lipinski definition) is 3. The maximum Gasteiger partial charge on any atom is 0.278 e. The summed E-state index contributed by atoms with van der Waals surface area (Å²) in [5.41, 5.74) is 0.922. The first-order valence-corrected chi connectivity index (χ1v) is 6.58. The van der Waals surface area contributed by atoms with Gasteiger partial charge in [-0.3, -0.25) is 10.1 Å². The minimum atomic E-state index is -0.648. The predicted molar refractivity (Wildman–Crippen MR) is 71.6 cm³/mol. The Morgan fingerprint density at radius 2 is 1.94 bits per heavy atom. The molecule has 0 unspecified atom stereocenters. The van der Waals surface area contributed by atoms with Gasteiger partial charge in [-0.05, 0) is 25.3 Å². The summed E-state index contributed by atoms with van der Waals surface area (Å²) in [6, 6.07) is 5.43. The highest BCUT2D eigenvalue weighted by Crippen LogP contribution is 2.39. The van der Waals surface area contributed by atoms with Crippen molar-refractivity contribution in [3.05, 3.63) is 39.4 Å². The van der Waals surface area contributed by atoms with Crippen molar-refractivity contribution < 1.29 is 9.35 Å². The summed E-state index contributed by atoms with van der Waals surface area (Å²) in [6.07, 6.45) is 1.97. The van der Waals surface area contributed by atoms with Crippen LogP contribution in [0.4, 0.5) is 5.69 Å². The van der Waals surface area contributed by atoms with Gasteiger partial charge in [-0.25, -0.2) is 0 Å². The van der Waals surface area contributed by atoms with E-state index in [2.05, 4.69) is 10.5 Å². The van der Waals surface area contributed by atoms with Gasteiger partial charge in [0.25, 0.3) is 5.69 Å². The lowest BCUT2D eigenvalue weighted by molar-refractivity contribution is -0.387. The van der Waals surface area contributed by atoms with Gasteiger partial charge in [-0.2, -0.15) is 0 Å². The van der Waals surface area contributed by atoms with Crippen LogP contribution >= 0.6 is 0 Å². The average molecular weight is 264 g/mol. The fourth-order valence-electron chi connectivity index (χ4n) is 2.29. The first-order valence-electron chi connectivity index (χ1n) is 6.17. The van der Waals surface area contributed by atoms with E-state index in [1.165, 1.54) is 0 Å². The second-order valence-corrected chi connectivity index (χ2v) is 4.43. The van der Waals surface area contributed by atoms with Crippen molar-refractivity contribution in [2.24, 2.45) is 0 Å². The van der Waals surface area contributed by atoms with Crippen molar-refractivity contribution in [3.63, 3.8) is 0 Å². The van der Waals surface area contributed by atoms with Gasteiger partial charge in [0.15, 0.2) is 0 Å². The third kappa shape index (κ3) is 2.47. The lowest BCUT2D eigenvalue weighted by Gasteiger charge is -2.31. The number of nitro benzene ring substituents is 1. The Balaban J connectivity index is 3.52. The monoisotopic (exact) mass is 264 g/mol. The van der Waals surface area contributed by atoms with E-state index < -0.39 is 5.60 Å². The highest BCUT2D eigenvalue weighted by atomic mass is 28.2. The molecule has 0 atom stereocenters. The molecule has 0 aliphatic heterocycles. The molecule has 0 heterocycles. The Kier molecular flexibility index (Phi) is 5.04. The van der Waals surface area contributed by atoms with Crippen molar-refractivity contribution in [1.82, 2.24) is 0 Å². The molecule has 4 nitrogen and oxygen atoms in total. The zero-order valence-corrected chi connectivity index (χ0v) is 12.0. The Hall–Kier alpha value is -1.20. The summed E-state index contributed by atoms with van der Waals surface area (Å²) < 4.78 is 5.41. The molecule has 0 amide bonds. The molecule has 0 fully saturated rings. The number of nitrogens with zero attached hydrogens (tertiary/aromatic N) is 1. The maximum absolute atomic E-state index is 11.3. The molecule has 0 N–H and O–H groups in total. The topological polar surface area (TPSA) is 52.4 Å². The zero-order valence-electron chi connectivity index (χ0n) is 11.0. The molecule has 5 heteroatoms. The van der Waals surface area contributed by atoms with Gasteiger partial charge in [-0.1, -0.05) is 32.9 Å². The Morgan fingerprint density at radius 3 is 2.33 bits per heavy atom. The first kappa shape index (κ1) is 14.9. The fourth-order valence-corrected chi connectivity index (χ4v) is 2.69. The molecule has 0 aromatic heterocycles. The maximum atomic E-state index is 11.3. The van der Waals surface area contributed by atoms with E-state index in [1.807, 2.05) is 26.8 Å². The molecule has 3 radical (unpaired) electrons. The molecule has 0 saturated carbocycles. The van der Waals surface area contributed by atoms with Crippen LogP contribution in [0, 0.1) is 10.1 Å². The molecule has 0 saturated heterocycles. The van der Waals surface area contributed by atoms with Crippen LogP contribution < -0.4 is 0 Å². The average Bonchev–Trinajstić information content (AvgIpc) is 2.40. The number of benzene rings is 1. The van der Waals surface area contributed by atoms with Crippen LogP contribution in [0.15, 0.2) is 18.2 Å². The Morgan fingerprint density at radius 1 is 1.33 bits per heavy atom. The molecule has 0 spiro atoms. The molecule has 0 bridgehead atoms. The first-order chi connectivity index (χ1) is 8.56. The third-order valence-corrected chi connectivity index (χ3v) is 3.90. The molecule has 97 valence electrons. The molecule has 1 aromatic rings. The van der Waals surface area contributed by atoms with Crippen LogP contribution in [-0.2, 0) is 16.4 Å². The van der Waals surface area contributed by atoms with Gasteiger partial charge in [0.1, 0.15) is 0 Å². The molecular formula is C13H18NO3Si. The van der Waals surface area contributed by atoms with Gasteiger partial charge in [0.2, 0.25) is 10.5 Å². The normalized spacial score (nSPS) is 11.6. The lowest BCUT2D eigenvalue weighted by Crippen LogP contribution is -2.28. The Labute approximate surface area is 111 Å². The molecule has 0 aliphatic rings. The number of nitro groups is 1. The quantitative estimate of drug-likeness (QED) is 0.450. The van der Waals surface area contributed by atoms with Gasteiger partial charge in [-0.15, -0.1) is 0 Å². The van der Waals surface area contributed by atoms with E-state index in [4.69, 9.17) is 4.43 Å². The number of para-hydroxylation sites is 1. The van der Waals surface area contributed by atoms with Crippen LogP contribution in [0.1, 0.15) is 44.7 Å². The molecular weight excluding hydrogens is 246 g/mol. The van der Waals surface area contributed by atoms with Crippen LogP contribution in [0.2, 0.25) is 0 Å². The summed E-state index contributed by atoms with van der Waals surface area (Å²) in [5, 5.41) is 11.3. The standard InChI is InChI=1S/C13H18NO3Si/c1-4-10-8-7-9-11(12(10)14(15)16)13(5-2,6-3)17-18/h7-9H,4-6H2,1-3H3. The van der Waals surface area contributed by atoms with Crippen molar-refractivity contribution in [2.75, 3.05) is 0 Å². The lowest BCUT2D eigenvalue weighted by atomic mass is 9.86. The van der Waals surface area contributed by atoms with Crippen LogP contribution in [0.25, 0.3) is 0 Å². The summed E-state index contributed by atoms with van der Waals surface area (Å²) in [5.74, 6) is 0. The number of rotatable bonds is 6.